The molecule has 0 atom stereocenters. The highest BCUT2D eigenvalue weighted by atomic mass is 32.1. The van der Waals surface area contributed by atoms with E-state index in [1.54, 1.807) is 0 Å². The van der Waals surface area contributed by atoms with Gasteiger partial charge in [-0.15, -0.1) is 22.7 Å². The first-order valence-corrected chi connectivity index (χ1v) is 30.0. The number of para-hydroxylation sites is 1. The van der Waals surface area contributed by atoms with Crippen LogP contribution in [0, 0.1) is 0 Å². The topological polar surface area (TPSA) is 19.6 Å². The Morgan fingerprint density at radius 2 is 1.06 bits per heavy atom. The molecule has 0 fully saturated rings. The molecule has 5 heterocycles. The van der Waals surface area contributed by atoms with Crippen molar-refractivity contribution in [3.8, 4) is 44.5 Å². The van der Waals surface area contributed by atoms with Crippen molar-refractivity contribution < 1.29 is 4.42 Å². The Morgan fingerprint density at radius 1 is 0.463 bits per heavy atom. The maximum atomic E-state index is 7.36. The number of benzene rings is 10. The molecule has 0 unspecified atom stereocenters. The van der Waals surface area contributed by atoms with Crippen LogP contribution in [0.25, 0.3) is 96.7 Å². The van der Waals surface area contributed by atoms with Gasteiger partial charge in [0.05, 0.1) is 11.4 Å². The molecule has 0 saturated carbocycles. The van der Waals surface area contributed by atoms with Gasteiger partial charge in [-0.25, -0.2) is 0 Å². The van der Waals surface area contributed by atoms with Crippen LogP contribution in [0.4, 0.5) is 28.4 Å². The normalized spacial score (nSPS) is 15.2. The van der Waals surface area contributed by atoms with E-state index < -0.39 is 0 Å². The average Bonchev–Trinajstić information content (AvgIpc) is 2.74. The van der Waals surface area contributed by atoms with Gasteiger partial charge in [0.25, 0.3) is 0 Å². The van der Waals surface area contributed by atoms with E-state index in [1.807, 2.05) is 22.7 Å². The Labute approximate surface area is 476 Å². The second kappa shape index (κ2) is 17.2. The third-order valence-electron chi connectivity index (χ3n) is 18.3. The Morgan fingerprint density at radius 3 is 1.77 bits per heavy atom. The second-order valence-corrected chi connectivity index (χ2v) is 27.2. The molecule has 3 aliphatic rings. The van der Waals surface area contributed by atoms with Gasteiger partial charge < -0.3 is 14.1 Å². The van der Waals surface area contributed by atoms with Crippen molar-refractivity contribution in [2.45, 2.75) is 77.6 Å². The van der Waals surface area contributed by atoms with Gasteiger partial charge in [0.2, 0.25) is 0 Å². The van der Waals surface area contributed by atoms with Crippen LogP contribution in [0.3, 0.4) is 0 Å². The Balaban J connectivity index is 1.06. The van der Waals surface area contributed by atoms with Crippen LogP contribution in [0.2, 0.25) is 0 Å². The van der Waals surface area contributed by atoms with Gasteiger partial charge in [-0.3, -0.25) is 0 Å². The Hall–Kier alpha value is -8.16. The van der Waals surface area contributed by atoms with E-state index in [-0.39, 0.29) is 23.1 Å². The summed E-state index contributed by atoms with van der Waals surface area (Å²) in [7, 11) is 0. The highest BCUT2D eigenvalue weighted by Gasteiger charge is 2.49. The lowest BCUT2D eigenvalue weighted by atomic mass is 9.46. The van der Waals surface area contributed by atoms with E-state index in [1.165, 1.54) is 132 Å². The standard InChI is InChI=1S/C74H59BN2OS2/c1-72(2,3)49-30-34-60(53(38-49)47-23-15-10-16-24-47)76-62-41-56-51-25-17-18-26-63(51)78-70(56)67-57-39-54-55-40-58-59(74(6,7)36-35-73(58,4)5)42-65(55)79-66(54)43-61(57)77(50-31-27-46(28-32-50)44-19-11-8-12-20-44)75(68(62)67)71-69(76)52-33-29-48(37-64(52)80-71)45-21-13-9-14-22-45/h8-34,37-43H,35-36H2,1-7H3. The van der Waals surface area contributed by atoms with E-state index in [0.29, 0.717) is 0 Å². The molecule has 6 heteroatoms. The molecule has 0 N–H and O–H groups in total. The van der Waals surface area contributed by atoms with Gasteiger partial charge >= 0.3 is 6.85 Å². The molecule has 10 aromatic carbocycles. The minimum Gasteiger partial charge on any atom is -0.455 e. The summed E-state index contributed by atoms with van der Waals surface area (Å²) in [4.78, 5) is 5.37. The number of hydrogen-bond acceptors (Lipinski definition) is 5. The predicted octanol–water partition coefficient (Wildman–Crippen LogP) is 20.5. The molecule has 80 heavy (non-hydrogen) atoms. The summed E-state index contributed by atoms with van der Waals surface area (Å²) < 4.78 is 12.6. The first-order chi connectivity index (χ1) is 38.8. The fourth-order valence-electron chi connectivity index (χ4n) is 13.9. The summed E-state index contributed by atoms with van der Waals surface area (Å²) >= 11 is 3.90. The highest BCUT2D eigenvalue weighted by Crippen LogP contribution is 2.57. The van der Waals surface area contributed by atoms with E-state index in [0.717, 1.165) is 33.3 Å². The monoisotopic (exact) mass is 1070 g/mol. The molecule has 1 aliphatic carbocycles. The van der Waals surface area contributed by atoms with Crippen LogP contribution in [0.5, 0.6) is 0 Å². The van der Waals surface area contributed by atoms with Crippen molar-refractivity contribution in [2.24, 2.45) is 0 Å². The Kier molecular flexibility index (Phi) is 10.3. The van der Waals surface area contributed by atoms with Gasteiger partial charge in [0, 0.05) is 79.6 Å². The van der Waals surface area contributed by atoms with Gasteiger partial charge in [-0.1, -0.05) is 188 Å². The summed E-state index contributed by atoms with van der Waals surface area (Å²) in [5.41, 5.74) is 23.0. The van der Waals surface area contributed by atoms with Gasteiger partial charge in [0.1, 0.15) is 11.2 Å². The fraction of sp³-hybridized carbons (Fsp3) is 0.162. The van der Waals surface area contributed by atoms with Gasteiger partial charge in [-0.2, -0.15) is 0 Å². The van der Waals surface area contributed by atoms with Crippen LogP contribution in [-0.2, 0) is 16.2 Å². The molecule has 13 aromatic rings. The highest BCUT2D eigenvalue weighted by molar-refractivity contribution is 7.32. The minimum absolute atomic E-state index is 0.0698. The molecule has 0 saturated heterocycles. The number of furan rings is 1. The maximum Gasteiger partial charge on any atom is 0.343 e. The van der Waals surface area contributed by atoms with E-state index in [4.69, 9.17) is 4.42 Å². The largest absolute Gasteiger partial charge is 0.455 e. The molecule has 3 aromatic heterocycles. The average molecular weight is 1070 g/mol. The molecule has 0 amide bonds. The molecule has 3 nitrogen and oxygen atoms in total. The summed E-state index contributed by atoms with van der Waals surface area (Å²) in [5.74, 6) is 0. The minimum atomic E-state index is -0.216. The summed E-state index contributed by atoms with van der Waals surface area (Å²) in [6, 6.07) is 78.0. The quantitative estimate of drug-likeness (QED) is 0.160. The third kappa shape index (κ3) is 7.11. The van der Waals surface area contributed by atoms with Crippen LogP contribution in [0.15, 0.2) is 211 Å². The smallest absolute Gasteiger partial charge is 0.343 e. The van der Waals surface area contributed by atoms with Crippen molar-refractivity contribution in [3.63, 3.8) is 0 Å². The SMILES string of the molecule is CC(C)(C)c1ccc(N2c3cc4c(oc5ccccc54)c4c3B(c3sc5cc(-c6ccccc6)ccc5c32)N(c2ccc(-c3ccccc3)cc2)c2cc3sc5cc6c(cc5c3cc2-4)C(C)(C)CCC6(C)C)c(-c2ccccc2)c1. The van der Waals surface area contributed by atoms with Crippen LogP contribution < -0.4 is 20.0 Å². The number of fused-ring (bicyclic) bond motifs is 14. The van der Waals surface area contributed by atoms with Gasteiger partial charge in [-0.05, 0) is 146 Å². The lowest BCUT2D eigenvalue weighted by Gasteiger charge is -2.45. The number of thiophene rings is 2. The van der Waals surface area contributed by atoms with E-state index >= 15 is 0 Å². The second-order valence-electron chi connectivity index (χ2n) is 25.0. The maximum absolute atomic E-state index is 7.36. The molecule has 0 radical (unpaired) electrons. The first kappa shape index (κ1) is 47.8. The summed E-state index contributed by atoms with van der Waals surface area (Å²) in [6.45, 7) is 16.6. The summed E-state index contributed by atoms with van der Waals surface area (Å²) in [5, 5.41) is 6.14. The van der Waals surface area contributed by atoms with E-state index in [2.05, 4.69) is 264 Å². The predicted molar refractivity (Wildman–Crippen MR) is 346 cm³/mol. The Bertz CT molecular complexity index is 4690. The lowest BCUT2D eigenvalue weighted by Crippen LogP contribution is -2.60. The van der Waals surface area contributed by atoms with Crippen molar-refractivity contribution in [1.29, 1.82) is 0 Å². The van der Waals surface area contributed by atoms with Crippen molar-refractivity contribution >= 4 is 120 Å². The van der Waals surface area contributed by atoms with Gasteiger partial charge in [0.15, 0.2) is 0 Å². The molecule has 0 spiro atoms. The lowest BCUT2D eigenvalue weighted by molar-refractivity contribution is 0.332. The summed E-state index contributed by atoms with van der Waals surface area (Å²) in [6.07, 6.45) is 2.35. The zero-order valence-electron chi connectivity index (χ0n) is 46.2. The van der Waals surface area contributed by atoms with Crippen LogP contribution >= 0.6 is 22.7 Å². The molecule has 0 bridgehead atoms. The molecule has 2 aliphatic heterocycles. The number of nitrogens with zero attached hydrogens (tertiary/aromatic N) is 2. The van der Waals surface area contributed by atoms with Crippen LogP contribution in [0.1, 0.15) is 78.0 Å². The number of anilines is 5. The van der Waals surface area contributed by atoms with Crippen LogP contribution in [-0.4, -0.2) is 6.85 Å². The molecule has 386 valence electrons. The molecular formula is C74H59BN2OS2. The van der Waals surface area contributed by atoms with Crippen molar-refractivity contribution in [1.82, 2.24) is 0 Å². The molecular weight excluding hydrogens is 1010 g/mol. The first-order valence-electron chi connectivity index (χ1n) is 28.4. The molecule has 16 rings (SSSR count). The third-order valence-corrected chi connectivity index (χ3v) is 20.6. The zero-order chi connectivity index (χ0) is 54.0. The van der Waals surface area contributed by atoms with Crippen molar-refractivity contribution in [3.05, 3.63) is 223 Å². The van der Waals surface area contributed by atoms with Crippen molar-refractivity contribution in [2.75, 3.05) is 9.71 Å². The fourth-order valence-corrected chi connectivity index (χ4v) is 16.3. The number of hydrogen-bond donors (Lipinski definition) is 0. The van der Waals surface area contributed by atoms with E-state index in [9.17, 15) is 0 Å². The number of rotatable bonds is 5. The zero-order valence-corrected chi connectivity index (χ0v) is 47.9.